The molecule has 7 heteroatoms. The number of amides is 3. The van der Waals surface area contributed by atoms with Crippen LogP contribution in [0.15, 0.2) is 42.6 Å². The molecule has 0 aliphatic carbocycles. The zero-order chi connectivity index (χ0) is 16.7. The topological polar surface area (TPSA) is 107 Å². The van der Waals surface area contributed by atoms with Gasteiger partial charge in [0.05, 0.1) is 17.2 Å². The minimum Gasteiger partial charge on any atom is -0.338 e. The molecule has 0 aliphatic rings. The molecule has 116 valence electrons. The first kappa shape index (κ1) is 16.0. The monoisotopic (exact) mass is 309 g/mol. The van der Waals surface area contributed by atoms with Gasteiger partial charge in [-0.3, -0.25) is 10.1 Å². The molecular formula is C16H15N5O2. The number of hydrogen-bond donors (Lipinski definition) is 3. The molecule has 1 aromatic carbocycles. The molecule has 0 bridgehead atoms. The number of carbonyl (C=O) groups excluding carboxylic acids is 2. The van der Waals surface area contributed by atoms with Crippen LogP contribution in [0.2, 0.25) is 0 Å². The van der Waals surface area contributed by atoms with Gasteiger partial charge in [-0.05, 0) is 37.3 Å². The quantitative estimate of drug-likeness (QED) is 0.805. The average Bonchev–Trinajstić information content (AvgIpc) is 2.56. The first-order valence-electron chi connectivity index (χ1n) is 6.95. The molecule has 1 heterocycles. The summed E-state index contributed by atoms with van der Waals surface area (Å²) in [6.07, 6.45) is 1.37. The van der Waals surface area contributed by atoms with E-state index < -0.39 is 0 Å². The highest BCUT2D eigenvalue weighted by molar-refractivity contribution is 6.04. The van der Waals surface area contributed by atoms with E-state index in [2.05, 4.69) is 20.9 Å². The van der Waals surface area contributed by atoms with Gasteiger partial charge in [-0.15, -0.1) is 0 Å². The van der Waals surface area contributed by atoms with Crippen molar-refractivity contribution in [3.8, 4) is 6.07 Å². The molecule has 3 N–H and O–H groups in total. The van der Waals surface area contributed by atoms with Gasteiger partial charge in [0.25, 0.3) is 5.91 Å². The summed E-state index contributed by atoms with van der Waals surface area (Å²) in [6.45, 7) is 2.32. The van der Waals surface area contributed by atoms with Crippen LogP contribution in [0.5, 0.6) is 0 Å². The summed E-state index contributed by atoms with van der Waals surface area (Å²) in [5, 5.41) is 16.6. The molecule has 2 aromatic rings. The zero-order valence-corrected chi connectivity index (χ0v) is 12.5. The van der Waals surface area contributed by atoms with Gasteiger partial charge < -0.3 is 10.6 Å². The Hall–Kier alpha value is -3.40. The third-order valence-corrected chi connectivity index (χ3v) is 2.85. The van der Waals surface area contributed by atoms with Gasteiger partial charge in [0.15, 0.2) is 0 Å². The number of carbonyl (C=O) groups is 2. The summed E-state index contributed by atoms with van der Waals surface area (Å²) in [5.41, 5.74) is 1.33. The molecule has 3 amide bonds. The van der Waals surface area contributed by atoms with Crippen molar-refractivity contribution in [2.75, 3.05) is 17.2 Å². The van der Waals surface area contributed by atoms with Gasteiger partial charge in [-0.2, -0.15) is 5.26 Å². The van der Waals surface area contributed by atoms with E-state index in [1.165, 1.54) is 12.3 Å². The average molecular weight is 309 g/mol. The number of rotatable bonds is 4. The standard InChI is InChI=1S/C16H15N5O2/c1-2-18-16(23)21-14-7-6-12(10-19-14)15(22)20-13-5-3-4-11(8-13)9-17/h3-8,10H,2H2,1H3,(H,20,22)(H2,18,19,21,23). The number of hydrogen-bond acceptors (Lipinski definition) is 4. The predicted octanol–water partition coefficient (Wildman–Crippen LogP) is 2.35. The minimum absolute atomic E-state index is 0.341. The van der Waals surface area contributed by atoms with E-state index in [0.29, 0.717) is 29.2 Å². The van der Waals surface area contributed by atoms with Crippen molar-refractivity contribution in [2.45, 2.75) is 6.92 Å². The fraction of sp³-hybridized carbons (Fsp3) is 0.125. The Bertz CT molecular complexity index is 750. The summed E-state index contributed by atoms with van der Waals surface area (Å²) in [7, 11) is 0. The van der Waals surface area contributed by atoms with Crippen molar-refractivity contribution in [1.29, 1.82) is 5.26 Å². The van der Waals surface area contributed by atoms with Crippen LogP contribution in [-0.2, 0) is 0 Å². The van der Waals surface area contributed by atoms with Crippen LogP contribution in [0.3, 0.4) is 0 Å². The molecule has 0 aliphatic heterocycles. The molecule has 0 atom stereocenters. The molecule has 0 unspecified atom stereocenters. The van der Waals surface area contributed by atoms with Gasteiger partial charge in [0, 0.05) is 18.4 Å². The Balaban J connectivity index is 2.02. The van der Waals surface area contributed by atoms with Gasteiger partial charge in [-0.1, -0.05) is 6.07 Å². The van der Waals surface area contributed by atoms with Crippen molar-refractivity contribution in [3.63, 3.8) is 0 Å². The molecule has 0 radical (unpaired) electrons. The maximum absolute atomic E-state index is 12.1. The highest BCUT2D eigenvalue weighted by Gasteiger charge is 2.08. The van der Waals surface area contributed by atoms with Gasteiger partial charge in [0.1, 0.15) is 5.82 Å². The van der Waals surface area contributed by atoms with Crippen molar-refractivity contribution in [2.24, 2.45) is 0 Å². The van der Waals surface area contributed by atoms with Crippen molar-refractivity contribution in [1.82, 2.24) is 10.3 Å². The normalized spacial score (nSPS) is 9.57. The fourth-order valence-electron chi connectivity index (χ4n) is 1.79. The Morgan fingerprint density at radius 1 is 1.22 bits per heavy atom. The van der Waals surface area contributed by atoms with Gasteiger partial charge in [-0.25, -0.2) is 9.78 Å². The molecule has 2 rings (SSSR count). The Kier molecular flexibility index (Phi) is 5.25. The smallest absolute Gasteiger partial charge is 0.320 e. The van der Waals surface area contributed by atoms with Crippen molar-refractivity contribution < 1.29 is 9.59 Å². The van der Waals surface area contributed by atoms with Crippen LogP contribution >= 0.6 is 0 Å². The molecule has 7 nitrogen and oxygen atoms in total. The first-order valence-corrected chi connectivity index (χ1v) is 6.95. The second kappa shape index (κ2) is 7.56. The maximum atomic E-state index is 12.1. The molecular weight excluding hydrogens is 294 g/mol. The Labute approximate surface area is 133 Å². The summed E-state index contributed by atoms with van der Waals surface area (Å²) >= 11 is 0. The molecule has 0 saturated heterocycles. The number of nitriles is 1. The lowest BCUT2D eigenvalue weighted by molar-refractivity contribution is 0.102. The number of nitrogens with one attached hydrogen (secondary N) is 3. The van der Waals surface area contributed by atoms with E-state index in [-0.39, 0.29) is 11.9 Å². The van der Waals surface area contributed by atoms with Gasteiger partial charge >= 0.3 is 6.03 Å². The SMILES string of the molecule is CCNC(=O)Nc1ccc(C(=O)Nc2cccc(C#N)c2)cn1. The van der Waals surface area contributed by atoms with Crippen LogP contribution in [0.1, 0.15) is 22.8 Å². The Morgan fingerprint density at radius 3 is 2.70 bits per heavy atom. The summed E-state index contributed by atoms with van der Waals surface area (Å²) in [5.74, 6) is -0.00359. The summed E-state index contributed by atoms with van der Waals surface area (Å²) in [4.78, 5) is 27.5. The second-order valence-corrected chi connectivity index (χ2v) is 4.56. The van der Waals surface area contributed by atoms with Gasteiger partial charge in [0.2, 0.25) is 0 Å². The zero-order valence-electron chi connectivity index (χ0n) is 12.5. The fourth-order valence-corrected chi connectivity index (χ4v) is 1.79. The highest BCUT2D eigenvalue weighted by Crippen LogP contribution is 2.12. The largest absolute Gasteiger partial charge is 0.338 e. The van der Waals surface area contributed by atoms with Crippen LogP contribution < -0.4 is 16.0 Å². The van der Waals surface area contributed by atoms with E-state index in [4.69, 9.17) is 5.26 Å². The molecule has 0 saturated carbocycles. The van der Waals surface area contributed by atoms with Crippen LogP contribution in [-0.4, -0.2) is 23.5 Å². The van der Waals surface area contributed by atoms with Crippen LogP contribution in [0, 0.1) is 11.3 Å². The predicted molar refractivity (Wildman–Crippen MR) is 86.0 cm³/mol. The summed E-state index contributed by atoms with van der Waals surface area (Å²) in [6, 6.07) is 11.4. The second-order valence-electron chi connectivity index (χ2n) is 4.56. The van der Waals surface area contributed by atoms with Crippen LogP contribution in [0.25, 0.3) is 0 Å². The lowest BCUT2D eigenvalue weighted by Crippen LogP contribution is -2.28. The number of anilines is 2. The lowest BCUT2D eigenvalue weighted by Gasteiger charge is -2.07. The van der Waals surface area contributed by atoms with E-state index in [1.807, 2.05) is 13.0 Å². The highest BCUT2D eigenvalue weighted by atomic mass is 16.2. The third kappa shape index (κ3) is 4.54. The number of aromatic nitrogens is 1. The van der Waals surface area contributed by atoms with Crippen LogP contribution in [0.4, 0.5) is 16.3 Å². The first-order chi connectivity index (χ1) is 11.1. The lowest BCUT2D eigenvalue weighted by atomic mass is 10.2. The molecule has 1 aromatic heterocycles. The van der Waals surface area contributed by atoms with Crippen molar-refractivity contribution >= 4 is 23.4 Å². The van der Waals surface area contributed by atoms with E-state index >= 15 is 0 Å². The molecule has 0 spiro atoms. The van der Waals surface area contributed by atoms with E-state index in [9.17, 15) is 9.59 Å². The number of pyridine rings is 1. The third-order valence-electron chi connectivity index (χ3n) is 2.85. The minimum atomic E-state index is -0.356. The summed E-state index contributed by atoms with van der Waals surface area (Å²) < 4.78 is 0. The molecule has 0 fully saturated rings. The number of nitrogens with zero attached hydrogens (tertiary/aromatic N) is 2. The molecule has 23 heavy (non-hydrogen) atoms. The van der Waals surface area contributed by atoms with E-state index in [1.54, 1.807) is 30.3 Å². The van der Waals surface area contributed by atoms with E-state index in [0.717, 1.165) is 0 Å². The Morgan fingerprint density at radius 2 is 2.04 bits per heavy atom. The number of benzene rings is 1. The number of urea groups is 1. The van der Waals surface area contributed by atoms with Crippen molar-refractivity contribution in [3.05, 3.63) is 53.7 Å². The maximum Gasteiger partial charge on any atom is 0.320 e.